The minimum absolute atomic E-state index is 0.215. The van der Waals surface area contributed by atoms with Crippen molar-refractivity contribution in [3.63, 3.8) is 0 Å². The van der Waals surface area contributed by atoms with Gasteiger partial charge >= 0.3 is 5.97 Å². The number of hydrogen-bond donors (Lipinski definition) is 0. The molecule has 2 rings (SSSR count). The predicted octanol–water partition coefficient (Wildman–Crippen LogP) is 2.14. The maximum Gasteiger partial charge on any atom is 0.360 e. The van der Waals surface area contributed by atoms with Crippen LogP contribution in [0.2, 0.25) is 0 Å². The summed E-state index contributed by atoms with van der Waals surface area (Å²) in [7, 11) is 1.65. The monoisotopic (exact) mass is 277 g/mol. The third-order valence-electron chi connectivity index (χ3n) is 3.37. The highest BCUT2D eigenvalue weighted by molar-refractivity contribution is 6.15. The van der Waals surface area contributed by atoms with E-state index in [9.17, 15) is 9.59 Å². The highest BCUT2D eigenvalue weighted by Crippen LogP contribution is 2.39. The zero-order valence-electron chi connectivity index (χ0n) is 12.0. The van der Waals surface area contributed by atoms with Gasteiger partial charge in [-0.2, -0.15) is 0 Å². The Morgan fingerprint density at radius 3 is 2.70 bits per heavy atom. The molecular weight excluding hydrogens is 258 g/mol. The Balaban J connectivity index is 2.48. The van der Waals surface area contributed by atoms with Crippen molar-refractivity contribution in [2.45, 2.75) is 32.3 Å². The van der Waals surface area contributed by atoms with E-state index in [1.807, 2.05) is 19.1 Å². The average molecular weight is 277 g/mol. The maximum atomic E-state index is 12.6. The summed E-state index contributed by atoms with van der Waals surface area (Å²) in [5, 5.41) is 0. The molecule has 20 heavy (non-hydrogen) atoms. The highest BCUT2D eigenvalue weighted by Gasteiger charge is 2.54. The standard InChI is InChI=1S/C15H19NO4/c1-4-10-15(14(18)19-5-2)13(17)16(3)11-8-6-7-9-12(11)20-15/h6-9H,4-5,10H2,1-3H3. The van der Waals surface area contributed by atoms with Crippen LogP contribution in [0.3, 0.4) is 0 Å². The molecule has 108 valence electrons. The van der Waals surface area contributed by atoms with Crippen LogP contribution in [0.25, 0.3) is 0 Å². The van der Waals surface area contributed by atoms with E-state index in [0.717, 1.165) is 0 Å². The molecule has 1 aromatic rings. The van der Waals surface area contributed by atoms with Crippen LogP contribution in [0.5, 0.6) is 5.75 Å². The molecule has 0 aromatic heterocycles. The second kappa shape index (κ2) is 5.53. The molecule has 1 heterocycles. The Labute approximate surface area is 118 Å². The summed E-state index contributed by atoms with van der Waals surface area (Å²) in [4.78, 5) is 26.4. The zero-order chi connectivity index (χ0) is 14.8. The zero-order valence-corrected chi connectivity index (χ0v) is 12.0. The molecule has 1 aliphatic rings. The normalized spacial score (nSPS) is 21.1. The number of rotatable bonds is 4. The van der Waals surface area contributed by atoms with Gasteiger partial charge < -0.3 is 14.4 Å². The summed E-state index contributed by atoms with van der Waals surface area (Å²) >= 11 is 0. The van der Waals surface area contributed by atoms with E-state index in [4.69, 9.17) is 9.47 Å². The van der Waals surface area contributed by atoms with E-state index in [1.54, 1.807) is 26.1 Å². The first-order chi connectivity index (χ1) is 9.56. The van der Waals surface area contributed by atoms with Crippen molar-refractivity contribution in [1.82, 2.24) is 0 Å². The molecule has 0 spiro atoms. The van der Waals surface area contributed by atoms with Gasteiger partial charge in [0.15, 0.2) is 0 Å². The topological polar surface area (TPSA) is 55.8 Å². The number of likely N-dealkylation sites (N-methyl/N-ethyl adjacent to an activating group) is 1. The summed E-state index contributed by atoms with van der Waals surface area (Å²) in [5.74, 6) is -0.471. The first kappa shape index (κ1) is 14.4. The molecular formula is C15H19NO4. The van der Waals surface area contributed by atoms with Gasteiger partial charge in [-0.15, -0.1) is 0 Å². The van der Waals surface area contributed by atoms with Gasteiger partial charge in [0.2, 0.25) is 0 Å². The van der Waals surface area contributed by atoms with Crippen LogP contribution < -0.4 is 9.64 Å². The fraction of sp³-hybridized carbons (Fsp3) is 0.467. The van der Waals surface area contributed by atoms with Crippen molar-refractivity contribution < 1.29 is 19.1 Å². The summed E-state index contributed by atoms with van der Waals surface area (Å²) < 4.78 is 10.9. The molecule has 5 heteroatoms. The molecule has 1 atom stereocenters. The number of carbonyl (C=O) groups excluding carboxylic acids is 2. The van der Waals surface area contributed by atoms with Crippen LogP contribution in [-0.2, 0) is 14.3 Å². The van der Waals surface area contributed by atoms with Crippen molar-refractivity contribution >= 4 is 17.6 Å². The number of amides is 1. The number of ether oxygens (including phenoxy) is 2. The van der Waals surface area contributed by atoms with E-state index >= 15 is 0 Å². The Morgan fingerprint density at radius 2 is 2.05 bits per heavy atom. The Bertz CT molecular complexity index is 528. The van der Waals surface area contributed by atoms with Gasteiger partial charge in [0.05, 0.1) is 12.3 Å². The number of fused-ring (bicyclic) bond motifs is 1. The first-order valence-corrected chi connectivity index (χ1v) is 6.80. The number of benzene rings is 1. The van der Waals surface area contributed by atoms with Gasteiger partial charge in [0, 0.05) is 13.5 Å². The number of esters is 1. The van der Waals surface area contributed by atoms with Gasteiger partial charge in [-0.1, -0.05) is 25.5 Å². The quantitative estimate of drug-likeness (QED) is 0.625. The van der Waals surface area contributed by atoms with Gasteiger partial charge in [0.1, 0.15) is 5.75 Å². The predicted molar refractivity (Wildman–Crippen MR) is 74.8 cm³/mol. The third-order valence-corrected chi connectivity index (χ3v) is 3.37. The molecule has 0 bridgehead atoms. The minimum atomic E-state index is -1.56. The first-order valence-electron chi connectivity index (χ1n) is 6.80. The SMILES string of the molecule is CCCC1(C(=O)OCC)Oc2ccccc2N(C)C1=O. The maximum absolute atomic E-state index is 12.6. The molecule has 1 unspecified atom stereocenters. The van der Waals surface area contributed by atoms with Gasteiger partial charge in [-0.05, 0) is 19.1 Å². The summed E-state index contributed by atoms with van der Waals surface area (Å²) in [6, 6.07) is 7.17. The second-order valence-corrected chi connectivity index (χ2v) is 4.73. The number of anilines is 1. The van der Waals surface area contributed by atoms with Crippen LogP contribution >= 0.6 is 0 Å². The van der Waals surface area contributed by atoms with E-state index < -0.39 is 11.6 Å². The van der Waals surface area contributed by atoms with E-state index in [-0.39, 0.29) is 12.5 Å². The largest absolute Gasteiger partial charge is 0.463 e. The fourth-order valence-corrected chi connectivity index (χ4v) is 2.42. The number of carbonyl (C=O) groups is 2. The van der Waals surface area contributed by atoms with Crippen LogP contribution in [0, 0.1) is 0 Å². The smallest absolute Gasteiger partial charge is 0.360 e. The lowest BCUT2D eigenvalue weighted by Crippen LogP contribution is -2.60. The number of hydrogen-bond acceptors (Lipinski definition) is 4. The summed E-state index contributed by atoms with van der Waals surface area (Å²) in [6.45, 7) is 3.83. The lowest BCUT2D eigenvalue weighted by atomic mass is 9.93. The van der Waals surface area contributed by atoms with Crippen LogP contribution in [-0.4, -0.2) is 31.1 Å². The van der Waals surface area contributed by atoms with E-state index in [1.165, 1.54) is 4.90 Å². The van der Waals surface area contributed by atoms with Crippen molar-refractivity contribution in [3.05, 3.63) is 24.3 Å². The fourth-order valence-electron chi connectivity index (χ4n) is 2.42. The third kappa shape index (κ3) is 2.13. The van der Waals surface area contributed by atoms with Crippen LogP contribution in [0.1, 0.15) is 26.7 Å². The van der Waals surface area contributed by atoms with E-state index in [0.29, 0.717) is 24.3 Å². The Hall–Kier alpha value is -2.04. The van der Waals surface area contributed by atoms with E-state index in [2.05, 4.69) is 0 Å². The average Bonchev–Trinajstić information content (AvgIpc) is 2.45. The van der Waals surface area contributed by atoms with Crippen molar-refractivity contribution in [2.24, 2.45) is 0 Å². The molecule has 1 aliphatic heterocycles. The van der Waals surface area contributed by atoms with Crippen LogP contribution in [0.15, 0.2) is 24.3 Å². The Morgan fingerprint density at radius 1 is 1.35 bits per heavy atom. The second-order valence-electron chi connectivity index (χ2n) is 4.73. The molecule has 1 aromatic carbocycles. The number of para-hydroxylation sites is 2. The molecule has 0 saturated carbocycles. The molecule has 0 radical (unpaired) electrons. The van der Waals surface area contributed by atoms with Crippen molar-refractivity contribution in [2.75, 3.05) is 18.6 Å². The molecule has 5 nitrogen and oxygen atoms in total. The Kier molecular flexibility index (Phi) is 3.97. The van der Waals surface area contributed by atoms with Gasteiger partial charge in [-0.3, -0.25) is 4.79 Å². The molecule has 1 amide bonds. The molecule has 0 saturated heterocycles. The highest BCUT2D eigenvalue weighted by atomic mass is 16.6. The van der Waals surface area contributed by atoms with Crippen molar-refractivity contribution in [1.29, 1.82) is 0 Å². The molecule has 0 fully saturated rings. The van der Waals surface area contributed by atoms with Crippen molar-refractivity contribution in [3.8, 4) is 5.75 Å². The summed E-state index contributed by atoms with van der Waals surface area (Å²) in [5.41, 5.74) is -0.901. The minimum Gasteiger partial charge on any atom is -0.463 e. The lowest BCUT2D eigenvalue weighted by molar-refractivity contribution is -0.168. The lowest BCUT2D eigenvalue weighted by Gasteiger charge is -2.39. The van der Waals surface area contributed by atoms with Gasteiger partial charge in [0.25, 0.3) is 11.5 Å². The molecule has 0 aliphatic carbocycles. The summed E-state index contributed by atoms with van der Waals surface area (Å²) in [6.07, 6.45) is 0.934. The number of nitrogens with zero attached hydrogens (tertiary/aromatic N) is 1. The molecule has 0 N–H and O–H groups in total. The van der Waals surface area contributed by atoms with Gasteiger partial charge in [-0.25, -0.2) is 4.79 Å². The van der Waals surface area contributed by atoms with Crippen LogP contribution in [0.4, 0.5) is 5.69 Å².